The molecule has 0 aliphatic rings. The Morgan fingerprint density at radius 3 is 2.57 bits per heavy atom. The molecule has 0 bridgehead atoms. The molecule has 0 unspecified atom stereocenters. The summed E-state index contributed by atoms with van der Waals surface area (Å²) in [5, 5.41) is 3.42. The first-order valence-electron chi connectivity index (χ1n) is 2.10. The Labute approximate surface area is 43.9 Å². The van der Waals surface area contributed by atoms with Gasteiger partial charge in [0.2, 0.25) is 0 Å². The third-order valence-corrected chi connectivity index (χ3v) is 0.493. The third-order valence-electron chi connectivity index (χ3n) is 0.493. The van der Waals surface area contributed by atoms with Crippen LogP contribution in [0.5, 0.6) is 0 Å². The summed E-state index contributed by atoms with van der Waals surface area (Å²) < 4.78 is 0. The summed E-state index contributed by atoms with van der Waals surface area (Å²) in [6, 6.07) is 0. The van der Waals surface area contributed by atoms with Gasteiger partial charge in [0, 0.05) is 6.72 Å². The summed E-state index contributed by atoms with van der Waals surface area (Å²) in [4.78, 5) is 0. The first kappa shape index (κ1) is 6.21. The highest BCUT2D eigenvalue weighted by Gasteiger charge is 1.76. The van der Waals surface area contributed by atoms with Crippen molar-refractivity contribution >= 4 is 6.72 Å². The maximum Gasteiger partial charge on any atom is 0.0534 e. The standard InChI is InChI=1S/C5H10N2/c1-5(2)4-7-6-3/h7H,1,3-4H2,2H3. The van der Waals surface area contributed by atoms with Crippen LogP contribution in [0.2, 0.25) is 0 Å². The van der Waals surface area contributed by atoms with E-state index in [0.29, 0.717) is 0 Å². The van der Waals surface area contributed by atoms with E-state index in [9.17, 15) is 0 Å². The van der Waals surface area contributed by atoms with Crippen LogP contribution >= 0.6 is 0 Å². The molecule has 1 N–H and O–H groups in total. The highest BCUT2D eigenvalue weighted by Crippen LogP contribution is 1.78. The number of nitrogens with one attached hydrogen (secondary N) is 1. The fraction of sp³-hybridized carbons (Fsp3) is 0.400. The van der Waals surface area contributed by atoms with E-state index in [0.717, 1.165) is 12.1 Å². The van der Waals surface area contributed by atoms with Crippen LogP contribution in [0.1, 0.15) is 6.92 Å². The smallest absolute Gasteiger partial charge is 0.0534 e. The molecule has 0 atom stereocenters. The first-order chi connectivity index (χ1) is 3.27. The zero-order valence-corrected chi connectivity index (χ0v) is 4.57. The summed E-state index contributed by atoms with van der Waals surface area (Å²) in [5.41, 5.74) is 3.72. The van der Waals surface area contributed by atoms with Crippen molar-refractivity contribution in [2.24, 2.45) is 5.10 Å². The highest BCUT2D eigenvalue weighted by molar-refractivity contribution is 5.22. The van der Waals surface area contributed by atoms with Crippen molar-refractivity contribution in [3.63, 3.8) is 0 Å². The van der Waals surface area contributed by atoms with Gasteiger partial charge in [-0.25, -0.2) is 0 Å². The van der Waals surface area contributed by atoms with Crippen LogP contribution in [-0.4, -0.2) is 13.3 Å². The average Bonchev–Trinajstić information content (AvgIpc) is 1.61. The van der Waals surface area contributed by atoms with Crippen LogP contribution in [-0.2, 0) is 0 Å². The molecule has 0 rings (SSSR count). The van der Waals surface area contributed by atoms with E-state index >= 15 is 0 Å². The van der Waals surface area contributed by atoms with Crippen molar-refractivity contribution in [2.75, 3.05) is 6.54 Å². The van der Waals surface area contributed by atoms with E-state index in [-0.39, 0.29) is 0 Å². The Balaban J connectivity index is 2.97. The molecule has 0 radical (unpaired) electrons. The maximum absolute atomic E-state index is 3.64. The van der Waals surface area contributed by atoms with Crippen molar-refractivity contribution in [3.05, 3.63) is 12.2 Å². The van der Waals surface area contributed by atoms with E-state index in [1.165, 1.54) is 0 Å². The van der Waals surface area contributed by atoms with Gasteiger partial charge in [-0.3, -0.25) is 0 Å². The van der Waals surface area contributed by atoms with Gasteiger partial charge in [0.1, 0.15) is 0 Å². The molecule has 0 heterocycles. The second-order valence-electron chi connectivity index (χ2n) is 1.45. The Bertz CT molecular complexity index is 76.1. The quantitative estimate of drug-likeness (QED) is 0.314. The maximum atomic E-state index is 3.64. The predicted molar refractivity (Wildman–Crippen MR) is 32.4 cm³/mol. The summed E-state index contributed by atoms with van der Waals surface area (Å²) in [6.45, 7) is 9.53. The van der Waals surface area contributed by atoms with Gasteiger partial charge >= 0.3 is 0 Å². The second-order valence-corrected chi connectivity index (χ2v) is 1.45. The molecule has 0 aliphatic heterocycles. The van der Waals surface area contributed by atoms with E-state index in [1.54, 1.807) is 0 Å². The predicted octanol–water partition coefficient (Wildman–Crippen LogP) is 0.768. The average molecular weight is 98.1 g/mol. The van der Waals surface area contributed by atoms with E-state index < -0.39 is 0 Å². The molecule has 0 saturated carbocycles. The van der Waals surface area contributed by atoms with Crippen LogP contribution in [0.4, 0.5) is 0 Å². The fourth-order valence-electron chi connectivity index (χ4n) is 0.191. The van der Waals surface area contributed by atoms with Crippen molar-refractivity contribution in [1.29, 1.82) is 0 Å². The van der Waals surface area contributed by atoms with E-state index in [2.05, 4.69) is 23.8 Å². The van der Waals surface area contributed by atoms with Gasteiger partial charge in [0.15, 0.2) is 0 Å². The van der Waals surface area contributed by atoms with Gasteiger partial charge in [-0.2, -0.15) is 5.10 Å². The minimum atomic E-state index is 0.726. The fourth-order valence-corrected chi connectivity index (χ4v) is 0.191. The molecule has 0 amide bonds. The summed E-state index contributed by atoms with van der Waals surface area (Å²) in [6.07, 6.45) is 0. The van der Waals surface area contributed by atoms with Gasteiger partial charge in [-0.05, 0) is 6.92 Å². The van der Waals surface area contributed by atoms with Crippen molar-refractivity contribution in [2.45, 2.75) is 6.92 Å². The van der Waals surface area contributed by atoms with Gasteiger partial charge < -0.3 is 5.43 Å². The molecule has 0 saturated heterocycles. The number of nitrogens with zero attached hydrogens (tertiary/aromatic N) is 1. The normalized spacial score (nSPS) is 7.57. The number of hydrogen-bond acceptors (Lipinski definition) is 2. The number of hydrazone groups is 1. The SMILES string of the molecule is C=NNCC(=C)C. The lowest BCUT2D eigenvalue weighted by Crippen LogP contribution is -2.05. The third kappa shape index (κ3) is 5.21. The second kappa shape index (κ2) is 3.40. The van der Waals surface area contributed by atoms with Crippen LogP contribution < -0.4 is 5.43 Å². The summed E-state index contributed by atoms with van der Waals surface area (Å²) in [5.74, 6) is 0. The van der Waals surface area contributed by atoms with Gasteiger partial charge in [-0.15, -0.1) is 0 Å². The molecule has 40 valence electrons. The molecule has 0 aliphatic carbocycles. The lowest BCUT2D eigenvalue weighted by Gasteiger charge is -1.93. The Hall–Kier alpha value is -0.790. The molecule has 0 aromatic rings. The molecule has 0 aromatic heterocycles. The Morgan fingerprint density at radius 1 is 1.86 bits per heavy atom. The van der Waals surface area contributed by atoms with E-state index in [4.69, 9.17) is 0 Å². The Morgan fingerprint density at radius 2 is 2.43 bits per heavy atom. The molecule has 0 spiro atoms. The topological polar surface area (TPSA) is 24.4 Å². The van der Waals surface area contributed by atoms with Crippen LogP contribution in [0.3, 0.4) is 0 Å². The minimum absolute atomic E-state index is 0.726. The van der Waals surface area contributed by atoms with Crippen molar-refractivity contribution in [3.8, 4) is 0 Å². The molecule has 2 heteroatoms. The first-order valence-corrected chi connectivity index (χ1v) is 2.10. The lowest BCUT2D eigenvalue weighted by molar-refractivity contribution is 0.808. The number of hydrogen-bond donors (Lipinski definition) is 1. The molecule has 2 nitrogen and oxygen atoms in total. The van der Waals surface area contributed by atoms with Gasteiger partial charge in [-0.1, -0.05) is 12.2 Å². The summed E-state index contributed by atoms with van der Waals surface area (Å²) >= 11 is 0. The number of rotatable bonds is 3. The van der Waals surface area contributed by atoms with Crippen LogP contribution in [0, 0.1) is 0 Å². The molecule has 0 aromatic carbocycles. The monoisotopic (exact) mass is 98.1 g/mol. The molecule has 7 heavy (non-hydrogen) atoms. The van der Waals surface area contributed by atoms with Crippen LogP contribution in [0.15, 0.2) is 17.3 Å². The molecule has 0 fully saturated rings. The lowest BCUT2D eigenvalue weighted by atomic mass is 10.4. The Kier molecular flexibility index (Phi) is 3.02. The van der Waals surface area contributed by atoms with E-state index in [1.807, 2.05) is 6.92 Å². The van der Waals surface area contributed by atoms with Crippen molar-refractivity contribution < 1.29 is 0 Å². The zero-order chi connectivity index (χ0) is 5.70. The minimum Gasteiger partial charge on any atom is -0.307 e. The van der Waals surface area contributed by atoms with Crippen LogP contribution in [0.25, 0.3) is 0 Å². The summed E-state index contributed by atoms with van der Waals surface area (Å²) in [7, 11) is 0. The molecular weight excluding hydrogens is 88.1 g/mol. The van der Waals surface area contributed by atoms with Gasteiger partial charge in [0.05, 0.1) is 6.54 Å². The zero-order valence-electron chi connectivity index (χ0n) is 4.57. The molecular formula is C5H10N2. The largest absolute Gasteiger partial charge is 0.307 e. The van der Waals surface area contributed by atoms with Crippen molar-refractivity contribution in [1.82, 2.24) is 5.43 Å². The highest BCUT2D eigenvalue weighted by atomic mass is 15.3. The van der Waals surface area contributed by atoms with Gasteiger partial charge in [0.25, 0.3) is 0 Å².